The van der Waals surface area contributed by atoms with Gasteiger partial charge in [0.15, 0.2) is 0 Å². The van der Waals surface area contributed by atoms with Gasteiger partial charge in [-0.1, -0.05) is 98.3 Å². The molecule has 220 valence electrons. The maximum Gasteiger partial charge on any atom is 0.119 e. The van der Waals surface area contributed by atoms with Crippen molar-refractivity contribution in [3.05, 3.63) is 23.8 Å². The molecule has 2 rings (SSSR count). The maximum atomic E-state index is 5.43. The van der Waals surface area contributed by atoms with Crippen molar-refractivity contribution < 1.29 is 4.74 Å². The molecule has 0 fully saturated rings. The van der Waals surface area contributed by atoms with Crippen LogP contribution in [0.5, 0.6) is 5.75 Å². The van der Waals surface area contributed by atoms with Gasteiger partial charge in [0, 0.05) is 31.9 Å². The Hall–Kier alpha value is -1.22. The van der Waals surface area contributed by atoms with E-state index in [1.54, 1.807) is 7.11 Å². The average molecular weight is 529 g/mol. The lowest BCUT2D eigenvalue weighted by Gasteiger charge is -2.31. The number of benzene rings is 1. The van der Waals surface area contributed by atoms with Gasteiger partial charge in [0.1, 0.15) is 5.75 Å². The SMILES string of the molecule is CCCC[C@@H](CC)CN(CCCCCCCCCN1CCCc2cc(OC)ccc21)C[C@@H](CC)CCCC. The standard InChI is InChI=1S/C35H64N2O/c1-6-10-20-31(8-3)29-36(30-32(9-4)21-11-7-2)25-17-15-13-12-14-16-18-26-37-27-19-22-33-28-34(38-5)23-24-35(33)37/h23-24,28,31-32H,6-22,25-27,29-30H2,1-5H3/t31-,32+. The topological polar surface area (TPSA) is 15.7 Å². The van der Waals surface area contributed by atoms with E-state index in [0.29, 0.717) is 0 Å². The van der Waals surface area contributed by atoms with Gasteiger partial charge in [0.05, 0.1) is 7.11 Å². The van der Waals surface area contributed by atoms with Gasteiger partial charge >= 0.3 is 0 Å². The summed E-state index contributed by atoms with van der Waals surface area (Å²) in [6, 6.07) is 6.64. The number of anilines is 1. The van der Waals surface area contributed by atoms with Gasteiger partial charge in [-0.15, -0.1) is 0 Å². The van der Waals surface area contributed by atoms with E-state index < -0.39 is 0 Å². The Morgan fingerprint density at radius 3 is 1.97 bits per heavy atom. The number of nitrogens with zero attached hydrogens (tertiary/aromatic N) is 2. The van der Waals surface area contributed by atoms with E-state index in [1.807, 2.05) is 0 Å². The van der Waals surface area contributed by atoms with Crippen LogP contribution in [0.4, 0.5) is 5.69 Å². The molecule has 1 heterocycles. The second kappa shape index (κ2) is 20.7. The van der Waals surface area contributed by atoms with E-state index in [-0.39, 0.29) is 0 Å². The van der Waals surface area contributed by atoms with Crippen LogP contribution in [0.1, 0.15) is 136 Å². The van der Waals surface area contributed by atoms with Crippen LogP contribution in [0.15, 0.2) is 18.2 Å². The van der Waals surface area contributed by atoms with Crippen molar-refractivity contribution in [2.75, 3.05) is 44.7 Å². The molecule has 1 aliphatic rings. The molecule has 0 aromatic heterocycles. The lowest BCUT2D eigenvalue weighted by atomic mass is 9.95. The van der Waals surface area contributed by atoms with E-state index in [4.69, 9.17) is 4.74 Å². The summed E-state index contributed by atoms with van der Waals surface area (Å²) in [6.45, 7) is 15.9. The smallest absolute Gasteiger partial charge is 0.119 e. The molecule has 0 aliphatic carbocycles. The number of fused-ring (bicyclic) bond motifs is 1. The molecular weight excluding hydrogens is 464 g/mol. The predicted molar refractivity (Wildman–Crippen MR) is 169 cm³/mol. The minimum absolute atomic E-state index is 0.896. The zero-order valence-electron chi connectivity index (χ0n) is 26.2. The first-order valence-electron chi connectivity index (χ1n) is 16.8. The zero-order chi connectivity index (χ0) is 27.4. The van der Waals surface area contributed by atoms with Crippen LogP contribution in [0.3, 0.4) is 0 Å². The van der Waals surface area contributed by atoms with Crippen molar-refractivity contribution in [1.29, 1.82) is 0 Å². The first-order valence-corrected chi connectivity index (χ1v) is 16.8. The van der Waals surface area contributed by atoms with Crippen molar-refractivity contribution in [3.8, 4) is 5.75 Å². The van der Waals surface area contributed by atoms with Crippen molar-refractivity contribution in [2.45, 2.75) is 137 Å². The van der Waals surface area contributed by atoms with Gasteiger partial charge < -0.3 is 14.5 Å². The van der Waals surface area contributed by atoms with Crippen LogP contribution >= 0.6 is 0 Å². The van der Waals surface area contributed by atoms with E-state index in [2.05, 4.69) is 55.7 Å². The molecule has 38 heavy (non-hydrogen) atoms. The summed E-state index contributed by atoms with van der Waals surface area (Å²) >= 11 is 0. The Labute approximate surface area is 238 Å². The molecule has 3 heteroatoms. The molecule has 1 aliphatic heterocycles. The number of ether oxygens (including phenoxy) is 1. The lowest BCUT2D eigenvalue weighted by Crippen LogP contribution is -2.35. The molecule has 0 spiro atoms. The molecule has 0 radical (unpaired) electrons. The van der Waals surface area contributed by atoms with E-state index in [9.17, 15) is 0 Å². The molecule has 3 nitrogen and oxygen atoms in total. The highest BCUT2D eigenvalue weighted by atomic mass is 16.5. The highest BCUT2D eigenvalue weighted by Crippen LogP contribution is 2.30. The fraction of sp³-hybridized carbons (Fsp3) is 0.829. The summed E-state index contributed by atoms with van der Waals surface area (Å²) in [7, 11) is 1.77. The van der Waals surface area contributed by atoms with Crippen LogP contribution in [-0.4, -0.2) is 44.7 Å². The molecule has 0 N–H and O–H groups in total. The highest BCUT2D eigenvalue weighted by molar-refractivity contribution is 5.58. The number of hydrogen-bond donors (Lipinski definition) is 0. The van der Waals surface area contributed by atoms with E-state index in [1.165, 1.54) is 153 Å². The Kier molecular flexibility index (Phi) is 17.9. The number of aryl methyl sites for hydroxylation is 1. The normalized spacial score (nSPS) is 15.1. The Balaban J connectivity index is 1.64. The fourth-order valence-electron chi connectivity index (χ4n) is 6.35. The minimum Gasteiger partial charge on any atom is -0.497 e. The van der Waals surface area contributed by atoms with Crippen LogP contribution in [0.2, 0.25) is 0 Å². The summed E-state index contributed by atoms with van der Waals surface area (Å²) in [5.41, 5.74) is 2.91. The summed E-state index contributed by atoms with van der Waals surface area (Å²) in [5.74, 6) is 2.79. The molecule has 1 aromatic carbocycles. The molecular formula is C35H64N2O. The Bertz CT molecular complexity index is 687. The van der Waals surface area contributed by atoms with Crippen LogP contribution in [0.25, 0.3) is 0 Å². The van der Waals surface area contributed by atoms with Crippen molar-refractivity contribution >= 4 is 5.69 Å². The van der Waals surface area contributed by atoms with Crippen molar-refractivity contribution in [3.63, 3.8) is 0 Å². The third-order valence-electron chi connectivity index (χ3n) is 9.02. The number of unbranched alkanes of at least 4 members (excludes halogenated alkanes) is 8. The average Bonchev–Trinajstić information content (AvgIpc) is 2.95. The second-order valence-corrected chi connectivity index (χ2v) is 12.2. The van der Waals surface area contributed by atoms with E-state index in [0.717, 1.165) is 17.6 Å². The van der Waals surface area contributed by atoms with Gasteiger partial charge in [-0.25, -0.2) is 0 Å². The second-order valence-electron chi connectivity index (χ2n) is 12.2. The van der Waals surface area contributed by atoms with Crippen molar-refractivity contribution in [2.24, 2.45) is 11.8 Å². The molecule has 2 atom stereocenters. The summed E-state index contributed by atoms with van der Waals surface area (Å²) in [6.07, 6.45) is 23.2. The Morgan fingerprint density at radius 1 is 0.789 bits per heavy atom. The molecule has 0 saturated carbocycles. The monoisotopic (exact) mass is 529 g/mol. The molecule has 0 saturated heterocycles. The summed E-state index contributed by atoms with van der Waals surface area (Å²) in [4.78, 5) is 5.49. The van der Waals surface area contributed by atoms with Gasteiger partial charge in [-0.2, -0.15) is 0 Å². The molecule has 0 unspecified atom stereocenters. The molecule has 0 amide bonds. The summed E-state index contributed by atoms with van der Waals surface area (Å²) in [5, 5.41) is 0. The zero-order valence-corrected chi connectivity index (χ0v) is 26.2. The third-order valence-corrected chi connectivity index (χ3v) is 9.02. The molecule has 0 bridgehead atoms. The molecule has 1 aromatic rings. The van der Waals surface area contributed by atoms with Gasteiger partial charge in [-0.3, -0.25) is 0 Å². The third kappa shape index (κ3) is 12.8. The number of methoxy groups -OCH3 is 1. The Morgan fingerprint density at radius 2 is 1.39 bits per heavy atom. The lowest BCUT2D eigenvalue weighted by molar-refractivity contribution is 0.178. The van der Waals surface area contributed by atoms with Gasteiger partial charge in [-0.05, 0) is 80.7 Å². The van der Waals surface area contributed by atoms with Crippen LogP contribution < -0.4 is 9.64 Å². The van der Waals surface area contributed by atoms with E-state index >= 15 is 0 Å². The first-order chi connectivity index (χ1) is 18.6. The number of hydrogen-bond acceptors (Lipinski definition) is 3. The number of rotatable bonds is 23. The van der Waals surface area contributed by atoms with Gasteiger partial charge in [0.25, 0.3) is 0 Å². The van der Waals surface area contributed by atoms with Crippen LogP contribution in [-0.2, 0) is 6.42 Å². The first kappa shape index (κ1) is 33.0. The highest BCUT2D eigenvalue weighted by Gasteiger charge is 2.18. The fourth-order valence-corrected chi connectivity index (χ4v) is 6.35. The van der Waals surface area contributed by atoms with Gasteiger partial charge in [0.2, 0.25) is 0 Å². The largest absolute Gasteiger partial charge is 0.497 e. The maximum absolute atomic E-state index is 5.43. The minimum atomic E-state index is 0.896. The predicted octanol–water partition coefficient (Wildman–Crippen LogP) is 9.91. The quantitative estimate of drug-likeness (QED) is 0.131. The van der Waals surface area contributed by atoms with Crippen LogP contribution in [0, 0.1) is 11.8 Å². The van der Waals surface area contributed by atoms with Crippen molar-refractivity contribution in [1.82, 2.24) is 4.90 Å². The summed E-state index contributed by atoms with van der Waals surface area (Å²) < 4.78 is 5.43.